The number of imide groups is 1. The van der Waals surface area contributed by atoms with Crippen molar-refractivity contribution >= 4 is 34.8 Å². The maximum atomic E-state index is 12.6. The molecule has 0 radical (unpaired) electrons. The van der Waals surface area contributed by atoms with Crippen LogP contribution in [0, 0.1) is 0 Å². The lowest BCUT2D eigenvalue weighted by molar-refractivity contribution is -0.121. The van der Waals surface area contributed by atoms with E-state index in [2.05, 4.69) is 5.32 Å². The monoisotopic (exact) mass is 330 g/mol. The van der Waals surface area contributed by atoms with Gasteiger partial charge in [0.15, 0.2) is 0 Å². The van der Waals surface area contributed by atoms with Crippen LogP contribution in [0.2, 0.25) is 5.02 Å². The van der Waals surface area contributed by atoms with Crippen LogP contribution in [0.3, 0.4) is 0 Å². The zero-order chi connectivity index (χ0) is 16.4. The van der Waals surface area contributed by atoms with E-state index in [9.17, 15) is 9.59 Å². The van der Waals surface area contributed by atoms with E-state index < -0.39 is 6.04 Å². The summed E-state index contributed by atoms with van der Waals surface area (Å²) in [5, 5.41) is 3.56. The van der Waals surface area contributed by atoms with Gasteiger partial charge in [-0.1, -0.05) is 23.7 Å². The first kappa shape index (κ1) is 15.4. The Hall–Kier alpha value is -2.53. The highest BCUT2D eigenvalue weighted by atomic mass is 35.5. The zero-order valence-corrected chi connectivity index (χ0v) is 13.2. The molecule has 1 aliphatic heterocycles. The molecule has 1 fully saturated rings. The lowest BCUT2D eigenvalue weighted by atomic mass is 10.2. The number of rotatable bonds is 4. The number of anilines is 2. The third kappa shape index (κ3) is 3.14. The van der Waals surface area contributed by atoms with Gasteiger partial charge in [0.1, 0.15) is 11.8 Å². The third-order valence-electron chi connectivity index (χ3n) is 3.62. The molecule has 1 N–H and O–H groups in total. The Kier molecular flexibility index (Phi) is 4.21. The highest BCUT2D eigenvalue weighted by molar-refractivity contribution is 6.31. The summed E-state index contributed by atoms with van der Waals surface area (Å²) >= 11 is 5.94. The fourth-order valence-corrected chi connectivity index (χ4v) is 2.73. The summed E-state index contributed by atoms with van der Waals surface area (Å²) in [6.07, 6.45) is 0.0998. The SMILES string of the molecule is COc1cccc(N[C@@H]2CC(=O)N(c3cccc(Cl)c3)C2=O)c1. The topological polar surface area (TPSA) is 58.6 Å². The first-order chi connectivity index (χ1) is 11.1. The molecule has 118 valence electrons. The summed E-state index contributed by atoms with van der Waals surface area (Å²) < 4.78 is 5.15. The predicted octanol–water partition coefficient (Wildman–Crippen LogP) is 3.09. The van der Waals surface area contributed by atoms with Crippen molar-refractivity contribution in [1.29, 1.82) is 0 Å². The van der Waals surface area contributed by atoms with Gasteiger partial charge in [-0.2, -0.15) is 0 Å². The quantitative estimate of drug-likeness (QED) is 0.875. The van der Waals surface area contributed by atoms with E-state index in [0.717, 1.165) is 5.69 Å². The van der Waals surface area contributed by atoms with Gasteiger partial charge < -0.3 is 10.1 Å². The van der Waals surface area contributed by atoms with Crippen molar-refractivity contribution in [2.24, 2.45) is 0 Å². The number of benzene rings is 2. The highest BCUT2D eigenvalue weighted by Crippen LogP contribution is 2.27. The van der Waals surface area contributed by atoms with Crippen molar-refractivity contribution in [1.82, 2.24) is 0 Å². The fourth-order valence-electron chi connectivity index (χ4n) is 2.55. The number of amides is 2. The Bertz CT molecular complexity index is 763. The second-order valence-corrected chi connectivity index (χ2v) is 5.62. The Morgan fingerprint density at radius 3 is 2.70 bits per heavy atom. The van der Waals surface area contributed by atoms with Crippen LogP contribution in [0.25, 0.3) is 0 Å². The number of nitrogens with one attached hydrogen (secondary N) is 1. The fraction of sp³-hybridized carbons (Fsp3) is 0.176. The van der Waals surface area contributed by atoms with Gasteiger partial charge in [-0.25, -0.2) is 4.90 Å². The number of carbonyl (C=O) groups is 2. The van der Waals surface area contributed by atoms with Crippen LogP contribution >= 0.6 is 11.6 Å². The molecule has 23 heavy (non-hydrogen) atoms. The Labute approximate surface area is 138 Å². The average Bonchev–Trinajstić information content (AvgIpc) is 2.81. The number of halogens is 1. The lowest BCUT2D eigenvalue weighted by Crippen LogP contribution is -2.34. The Balaban J connectivity index is 1.81. The average molecular weight is 331 g/mol. The molecule has 2 amide bonds. The number of carbonyl (C=O) groups excluding carboxylic acids is 2. The summed E-state index contributed by atoms with van der Waals surface area (Å²) in [5.74, 6) is 0.135. The maximum Gasteiger partial charge on any atom is 0.256 e. The molecule has 0 unspecified atom stereocenters. The van der Waals surface area contributed by atoms with Crippen LogP contribution in [-0.4, -0.2) is 25.0 Å². The minimum absolute atomic E-state index is 0.0998. The summed E-state index contributed by atoms with van der Waals surface area (Å²) in [6.45, 7) is 0. The molecule has 2 aromatic carbocycles. The van der Waals surface area contributed by atoms with E-state index >= 15 is 0 Å². The molecular weight excluding hydrogens is 316 g/mol. The van der Waals surface area contributed by atoms with Crippen molar-refractivity contribution in [3.63, 3.8) is 0 Å². The van der Waals surface area contributed by atoms with E-state index in [4.69, 9.17) is 16.3 Å². The van der Waals surface area contributed by atoms with Gasteiger partial charge in [-0.05, 0) is 30.3 Å². The molecule has 1 atom stereocenters. The molecule has 6 heteroatoms. The minimum Gasteiger partial charge on any atom is -0.497 e. The Morgan fingerprint density at radius 1 is 1.17 bits per heavy atom. The summed E-state index contributed by atoms with van der Waals surface area (Å²) in [7, 11) is 1.57. The molecular formula is C17H15ClN2O3. The van der Waals surface area contributed by atoms with Crippen molar-refractivity contribution in [2.45, 2.75) is 12.5 Å². The molecule has 0 spiro atoms. The predicted molar refractivity (Wildman–Crippen MR) is 89.0 cm³/mol. The molecule has 1 aliphatic rings. The highest BCUT2D eigenvalue weighted by Gasteiger charge is 2.39. The molecule has 1 saturated heterocycles. The molecule has 0 aliphatic carbocycles. The molecule has 1 heterocycles. The third-order valence-corrected chi connectivity index (χ3v) is 3.86. The summed E-state index contributed by atoms with van der Waals surface area (Å²) in [6, 6.07) is 13.3. The maximum absolute atomic E-state index is 12.6. The first-order valence-electron chi connectivity index (χ1n) is 7.11. The van der Waals surface area contributed by atoms with E-state index in [1.165, 1.54) is 4.90 Å². The van der Waals surface area contributed by atoms with Gasteiger partial charge in [-0.3, -0.25) is 9.59 Å². The molecule has 0 saturated carbocycles. The van der Waals surface area contributed by atoms with Crippen molar-refractivity contribution in [2.75, 3.05) is 17.3 Å². The first-order valence-corrected chi connectivity index (χ1v) is 7.49. The smallest absolute Gasteiger partial charge is 0.256 e. The van der Waals surface area contributed by atoms with Crippen molar-refractivity contribution < 1.29 is 14.3 Å². The van der Waals surface area contributed by atoms with Gasteiger partial charge in [0.25, 0.3) is 5.91 Å². The van der Waals surface area contributed by atoms with Gasteiger partial charge in [0.05, 0.1) is 19.2 Å². The molecule has 0 aromatic heterocycles. The zero-order valence-electron chi connectivity index (χ0n) is 12.5. The van der Waals surface area contributed by atoms with E-state index in [-0.39, 0.29) is 18.2 Å². The standard InChI is InChI=1S/C17H15ClN2O3/c1-23-14-7-3-5-12(9-14)19-15-10-16(21)20(17(15)22)13-6-2-4-11(18)8-13/h2-9,15,19H,10H2,1H3/t15-/m1/s1. The lowest BCUT2D eigenvalue weighted by Gasteiger charge is -2.16. The van der Waals surface area contributed by atoms with Crippen molar-refractivity contribution in [3.05, 3.63) is 53.6 Å². The van der Waals surface area contributed by atoms with Gasteiger partial charge in [0.2, 0.25) is 5.91 Å². The van der Waals surface area contributed by atoms with Gasteiger partial charge in [-0.15, -0.1) is 0 Å². The van der Waals surface area contributed by atoms with Crippen LogP contribution in [0.4, 0.5) is 11.4 Å². The van der Waals surface area contributed by atoms with Crippen molar-refractivity contribution in [3.8, 4) is 5.75 Å². The number of hydrogen-bond acceptors (Lipinski definition) is 4. The second-order valence-electron chi connectivity index (χ2n) is 5.18. The van der Waals surface area contributed by atoms with Crippen LogP contribution in [-0.2, 0) is 9.59 Å². The second kappa shape index (κ2) is 6.30. The molecule has 3 rings (SSSR count). The molecule has 0 bridgehead atoms. The minimum atomic E-state index is -0.603. The van der Waals surface area contributed by atoms with E-state index in [1.807, 2.05) is 18.2 Å². The summed E-state index contributed by atoms with van der Waals surface area (Å²) in [5.41, 5.74) is 1.21. The van der Waals surface area contributed by atoms with Crippen LogP contribution in [0.5, 0.6) is 5.75 Å². The van der Waals surface area contributed by atoms with E-state index in [0.29, 0.717) is 16.5 Å². The van der Waals surface area contributed by atoms with Gasteiger partial charge >= 0.3 is 0 Å². The number of hydrogen-bond donors (Lipinski definition) is 1. The largest absolute Gasteiger partial charge is 0.497 e. The molecule has 2 aromatic rings. The van der Waals surface area contributed by atoms with Gasteiger partial charge in [0, 0.05) is 16.8 Å². The number of methoxy groups -OCH3 is 1. The van der Waals surface area contributed by atoms with Crippen LogP contribution in [0.1, 0.15) is 6.42 Å². The number of nitrogens with zero attached hydrogens (tertiary/aromatic N) is 1. The number of ether oxygens (including phenoxy) is 1. The van der Waals surface area contributed by atoms with E-state index in [1.54, 1.807) is 37.4 Å². The Morgan fingerprint density at radius 2 is 1.96 bits per heavy atom. The normalized spacial score (nSPS) is 17.5. The van der Waals surface area contributed by atoms with Crippen LogP contribution < -0.4 is 15.0 Å². The van der Waals surface area contributed by atoms with Crippen LogP contribution in [0.15, 0.2) is 48.5 Å². The summed E-state index contributed by atoms with van der Waals surface area (Å²) in [4.78, 5) is 25.9. The molecule has 5 nitrogen and oxygen atoms in total.